The lowest BCUT2D eigenvalue weighted by Crippen LogP contribution is -2.08. The van der Waals surface area contributed by atoms with Crippen molar-refractivity contribution < 1.29 is 4.79 Å². The lowest BCUT2D eigenvalue weighted by molar-refractivity contribution is 0.0954. The van der Waals surface area contributed by atoms with Gasteiger partial charge in [-0.3, -0.25) is 4.79 Å². The second-order valence-corrected chi connectivity index (χ2v) is 5.68. The molecule has 2 aromatic carbocycles. The number of aromatic nitrogens is 2. The van der Waals surface area contributed by atoms with Gasteiger partial charge in [0.05, 0.1) is 5.69 Å². The van der Waals surface area contributed by atoms with Gasteiger partial charge in [0.2, 0.25) is 0 Å². The Morgan fingerprint density at radius 2 is 1.84 bits per heavy atom. The van der Waals surface area contributed by atoms with E-state index >= 15 is 0 Å². The highest BCUT2D eigenvalue weighted by Crippen LogP contribution is 2.15. The van der Waals surface area contributed by atoms with Gasteiger partial charge in [-0.1, -0.05) is 55.5 Å². The van der Waals surface area contributed by atoms with Crippen molar-refractivity contribution in [2.75, 3.05) is 11.9 Å². The summed E-state index contributed by atoms with van der Waals surface area (Å²) in [6.45, 7) is 2.72. The summed E-state index contributed by atoms with van der Waals surface area (Å²) in [7, 11) is 0. The minimum absolute atomic E-state index is 0.162. The van der Waals surface area contributed by atoms with Gasteiger partial charge in [0, 0.05) is 30.1 Å². The first-order valence-electron chi connectivity index (χ1n) is 8.41. The van der Waals surface area contributed by atoms with Crippen molar-refractivity contribution in [2.45, 2.75) is 13.3 Å². The minimum atomic E-state index is -0.162. The summed E-state index contributed by atoms with van der Waals surface area (Å²) >= 11 is 0. The highest BCUT2D eigenvalue weighted by Gasteiger charge is 2.05. The number of aryl methyl sites for hydroxylation is 1. The van der Waals surface area contributed by atoms with Crippen molar-refractivity contribution >= 4 is 11.6 Å². The summed E-state index contributed by atoms with van der Waals surface area (Å²) in [6, 6.07) is 20.0. The van der Waals surface area contributed by atoms with Crippen LogP contribution >= 0.6 is 0 Å². The number of carbonyl (C=O) groups excluding carboxylic acids is 1. The van der Waals surface area contributed by atoms with E-state index in [0.29, 0.717) is 6.54 Å². The summed E-state index contributed by atoms with van der Waals surface area (Å²) in [5.74, 6) is -0.162. The molecule has 126 valence electrons. The van der Waals surface area contributed by atoms with Gasteiger partial charge in [-0.2, -0.15) is 5.10 Å². The van der Waals surface area contributed by atoms with Gasteiger partial charge in [-0.25, -0.2) is 4.68 Å². The zero-order chi connectivity index (χ0) is 17.5. The van der Waals surface area contributed by atoms with Crippen molar-refractivity contribution in [3.05, 3.63) is 84.6 Å². The molecule has 0 aliphatic heterocycles. The molecule has 0 saturated carbocycles. The molecule has 25 heavy (non-hydrogen) atoms. The van der Waals surface area contributed by atoms with Crippen molar-refractivity contribution in [3.8, 4) is 11.3 Å². The van der Waals surface area contributed by atoms with Crippen LogP contribution in [-0.4, -0.2) is 22.2 Å². The Morgan fingerprint density at radius 3 is 2.56 bits per heavy atom. The van der Waals surface area contributed by atoms with Crippen LogP contribution in [0.3, 0.4) is 0 Å². The maximum atomic E-state index is 12.2. The van der Waals surface area contributed by atoms with Gasteiger partial charge in [0.25, 0.3) is 5.91 Å². The predicted molar refractivity (Wildman–Crippen MR) is 102 cm³/mol. The van der Waals surface area contributed by atoms with Crippen molar-refractivity contribution in [1.29, 1.82) is 0 Å². The van der Waals surface area contributed by atoms with E-state index in [9.17, 15) is 4.79 Å². The Kier molecular flexibility index (Phi) is 5.42. The van der Waals surface area contributed by atoms with Crippen LogP contribution in [0.1, 0.15) is 17.3 Å². The second-order valence-electron chi connectivity index (χ2n) is 5.68. The van der Waals surface area contributed by atoms with Gasteiger partial charge in [-0.15, -0.1) is 0 Å². The molecular formula is C21H21N3O. The standard InChI is InChI=1S/C21H21N3O/c1-2-17-10-12-19(13-11-17)22-15-6-9-21(25)24-16-14-20(23-24)18-7-4-3-5-8-18/h3-14,16,22H,2,15H2,1H3/b9-6+. The number of allylic oxidation sites excluding steroid dienone is 1. The quantitative estimate of drug-likeness (QED) is 0.680. The van der Waals surface area contributed by atoms with Gasteiger partial charge in [-0.05, 0) is 30.2 Å². The highest BCUT2D eigenvalue weighted by molar-refractivity contribution is 5.89. The first kappa shape index (κ1) is 16.7. The number of hydrogen-bond donors (Lipinski definition) is 1. The third kappa shape index (κ3) is 4.44. The Bertz CT molecular complexity index is 848. The first-order chi connectivity index (χ1) is 12.3. The lowest BCUT2D eigenvalue weighted by Gasteiger charge is -2.04. The van der Waals surface area contributed by atoms with Gasteiger partial charge in [0.15, 0.2) is 0 Å². The van der Waals surface area contributed by atoms with E-state index in [2.05, 4.69) is 29.5 Å². The summed E-state index contributed by atoms with van der Waals surface area (Å²) in [5.41, 5.74) is 4.13. The molecule has 0 bridgehead atoms. The van der Waals surface area contributed by atoms with E-state index in [0.717, 1.165) is 23.4 Å². The zero-order valence-electron chi connectivity index (χ0n) is 14.2. The third-order valence-corrected chi connectivity index (χ3v) is 3.93. The average Bonchev–Trinajstić information content (AvgIpc) is 3.16. The average molecular weight is 331 g/mol. The van der Waals surface area contributed by atoms with Crippen LogP contribution in [0, 0.1) is 0 Å². The lowest BCUT2D eigenvalue weighted by atomic mass is 10.1. The maximum Gasteiger partial charge on any atom is 0.270 e. The van der Waals surface area contributed by atoms with Crippen LogP contribution in [0.4, 0.5) is 5.69 Å². The number of carbonyl (C=O) groups is 1. The van der Waals surface area contributed by atoms with Gasteiger partial charge < -0.3 is 5.32 Å². The molecule has 4 heteroatoms. The topological polar surface area (TPSA) is 46.9 Å². The summed E-state index contributed by atoms with van der Waals surface area (Å²) in [6.07, 6.45) is 6.06. The van der Waals surface area contributed by atoms with Crippen LogP contribution < -0.4 is 5.32 Å². The van der Waals surface area contributed by atoms with Crippen LogP contribution in [0.15, 0.2) is 79.0 Å². The summed E-state index contributed by atoms with van der Waals surface area (Å²) in [5, 5.41) is 7.60. The van der Waals surface area contributed by atoms with Crippen LogP contribution in [0.5, 0.6) is 0 Å². The fraction of sp³-hybridized carbons (Fsp3) is 0.143. The maximum absolute atomic E-state index is 12.2. The van der Waals surface area contributed by atoms with E-state index < -0.39 is 0 Å². The minimum Gasteiger partial charge on any atom is -0.382 e. The van der Waals surface area contributed by atoms with E-state index in [1.807, 2.05) is 48.5 Å². The van der Waals surface area contributed by atoms with Crippen molar-refractivity contribution in [2.24, 2.45) is 0 Å². The number of benzene rings is 2. The molecule has 0 spiro atoms. The molecule has 3 rings (SSSR count). The first-order valence-corrected chi connectivity index (χ1v) is 8.41. The zero-order valence-corrected chi connectivity index (χ0v) is 14.2. The van der Waals surface area contributed by atoms with Crippen LogP contribution in [-0.2, 0) is 6.42 Å². The molecule has 0 radical (unpaired) electrons. The molecule has 0 amide bonds. The highest BCUT2D eigenvalue weighted by atomic mass is 16.2. The smallest absolute Gasteiger partial charge is 0.270 e. The molecule has 0 saturated heterocycles. The molecule has 1 aromatic heterocycles. The number of nitrogens with one attached hydrogen (secondary N) is 1. The molecule has 0 unspecified atom stereocenters. The second kappa shape index (κ2) is 8.11. The molecule has 0 atom stereocenters. The molecule has 3 aromatic rings. The molecular weight excluding hydrogens is 310 g/mol. The van der Waals surface area contributed by atoms with Crippen LogP contribution in [0.2, 0.25) is 0 Å². The Morgan fingerprint density at radius 1 is 1.08 bits per heavy atom. The number of nitrogens with zero attached hydrogens (tertiary/aromatic N) is 2. The summed E-state index contributed by atoms with van der Waals surface area (Å²) < 4.78 is 1.36. The van der Waals surface area contributed by atoms with Crippen molar-refractivity contribution in [1.82, 2.24) is 9.78 Å². The molecule has 0 aliphatic carbocycles. The van der Waals surface area contributed by atoms with Gasteiger partial charge >= 0.3 is 0 Å². The Balaban J connectivity index is 1.55. The number of rotatable bonds is 6. The van der Waals surface area contributed by atoms with E-state index in [4.69, 9.17) is 0 Å². The Labute approximate surface area is 147 Å². The normalized spacial score (nSPS) is 10.9. The Hall–Kier alpha value is -3.14. The number of hydrogen-bond acceptors (Lipinski definition) is 3. The summed E-state index contributed by atoms with van der Waals surface area (Å²) in [4.78, 5) is 12.2. The molecule has 4 nitrogen and oxygen atoms in total. The van der Waals surface area contributed by atoms with Crippen molar-refractivity contribution in [3.63, 3.8) is 0 Å². The van der Waals surface area contributed by atoms with E-state index in [1.165, 1.54) is 16.3 Å². The van der Waals surface area contributed by atoms with E-state index in [1.54, 1.807) is 12.3 Å². The molecule has 0 fully saturated rings. The molecule has 1 N–H and O–H groups in total. The number of anilines is 1. The predicted octanol–water partition coefficient (Wildman–Crippen LogP) is 4.42. The SMILES string of the molecule is CCc1ccc(NC/C=C/C(=O)n2ccc(-c3ccccc3)n2)cc1. The molecule has 1 heterocycles. The largest absolute Gasteiger partial charge is 0.382 e. The fourth-order valence-electron chi connectivity index (χ4n) is 2.48. The van der Waals surface area contributed by atoms with E-state index in [-0.39, 0.29) is 5.91 Å². The molecule has 0 aliphatic rings. The monoisotopic (exact) mass is 331 g/mol. The van der Waals surface area contributed by atoms with Gasteiger partial charge in [0.1, 0.15) is 0 Å². The third-order valence-electron chi connectivity index (χ3n) is 3.93. The fourth-order valence-corrected chi connectivity index (χ4v) is 2.48. The van der Waals surface area contributed by atoms with Crippen LogP contribution in [0.25, 0.3) is 11.3 Å².